The lowest BCUT2D eigenvalue weighted by molar-refractivity contribution is 0.0948. The molecular formula is C12H15NO2. The Morgan fingerprint density at radius 3 is 2.67 bits per heavy atom. The molecule has 2 N–H and O–H groups in total. The Morgan fingerprint density at radius 2 is 2.07 bits per heavy atom. The number of aryl methyl sites for hydroxylation is 1. The van der Waals surface area contributed by atoms with E-state index in [-0.39, 0.29) is 11.7 Å². The fourth-order valence-electron chi connectivity index (χ4n) is 1.48. The molecule has 3 heteroatoms. The van der Waals surface area contributed by atoms with Crippen molar-refractivity contribution in [1.29, 1.82) is 0 Å². The second-order valence-electron chi connectivity index (χ2n) is 4.15. The van der Waals surface area contributed by atoms with E-state index in [2.05, 4.69) is 5.32 Å². The van der Waals surface area contributed by atoms with Gasteiger partial charge in [-0.25, -0.2) is 0 Å². The molecule has 15 heavy (non-hydrogen) atoms. The Balaban J connectivity index is 2.26. The first kappa shape index (κ1) is 10.0. The van der Waals surface area contributed by atoms with Gasteiger partial charge in [-0.05, 0) is 43.9 Å². The van der Waals surface area contributed by atoms with E-state index in [9.17, 15) is 9.90 Å². The van der Waals surface area contributed by atoms with Crippen LogP contribution >= 0.6 is 0 Å². The van der Waals surface area contributed by atoms with Gasteiger partial charge >= 0.3 is 0 Å². The van der Waals surface area contributed by atoms with Gasteiger partial charge in [0.05, 0.1) is 5.56 Å². The van der Waals surface area contributed by atoms with Gasteiger partial charge in [0.25, 0.3) is 5.91 Å². The highest BCUT2D eigenvalue weighted by Crippen LogP contribution is 2.26. The third-order valence-electron chi connectivity index (χ3n) is 2.86. The summed E-state index contributed by atoms with van der Waals surface area (Å²) in [5.74, 6) is -0.0637. The maximum atomic E-state index is 11.7. The molecule has 0 saturated heterocycles. The zero-order valence-corrected chi connectivity index (χ0v) is 9.00. The normalized spacial score (nSPS) is 15.1. The van der Waals surface area contributed by atoms with Crippen LogP contribution in [0.2, 0.25) is 0 Å². The van der Waals surface area contributed by atoms with Gasteiger partial charge in [0.15, 0.2) is 0 Å². The summed E-state index contributed by atoms with van der Waals surface area (Å²) in [6, 6.07) is 3.85. The first-order valence-corrected chi connectivity index (χ1v) is 5.19. The van der Waals surface area contributed by atoms with Gasteiger partial charge in [-0.3, -0.25) is 4.79 Å². The number of hydrogen-bond acceptors (Lipinski definition) is 2. The molecule has 3 nitrogen and oxygen atoms in total. The Hall–Kier alpha value is -1.51. The SMILES string of the molecule is Cc1ccc(C(=O)NC2CC2)c(O)c1C. The van der Waals surface area contributed by atoms with Gasteiger partial charge in [-0.1, -0.05) is 6.07 Å². The van der Waals surface area contributed by atoms with Crippen LogP contribution in [0, 0.1) is 13.8 Å². The standard InChI is InChI=1S/C12H15NO2/c1-7-3-6-10(11(14)8(7)2)12(15)13-9-4-5-9/h3,6,9,14H,4-5H2,1-2H3,(H,13,15). The van der Waals surface area contributed by atoms with Crippen molar-refractivity contribution in [2.45, 2.75) is 32.7 Å². The van der Waals surface area contributed by atoms with E-state index in [0.29, 0.717) is 11.6 Å². The summed E-state index contributed by atoms with van der Waals surface area (Å²) in [6.07, 6.45) is 2.11. The molecule has 1 amide bonds. The lowest BCUT2D eigenvalue weighted by Gasteiger charge is -2.09. The Labute approximate surface area is 89.1 Å². The molecule has 0 unspecified atom stereocenters. The van der Waals surface area contributed by atoms with Gasteiger partial charge in [-0.15, -0.1) is 0 Å². The molecule has 0 radical (unpaired) electrons. The number of phenols is 1. The Kier molecular flexibility index (Phi) is 2.39. The predicted octanol–water partition coefficient (Wildman–Crippen LogP) is 1.90. The Morgan fingerprint density at radius 1 is 1.40 bits per heavy atom. The summed E-state index contributed by atoms with van der Waals surface area (Å²) < 4.78 is 0. The van der Waals surface area contributed by atoms with Crippen molar-refractivity contribution >= 4 is 5.91 Å². The molecule has 1 aliphatic rings. The van der Waals surface area contributed by atoms with Crippen molar-refractivity contribution in [1.82, 2.24) is 5.32 Å². The minimum Gasteiger partial charge on any atom is -0.507 e. The summed E-state index contributed by atoms with van der Waals surface area (Å²) in [7, 11) is 0. The molecular weight excluding hydrogens is 190 g/mol. The number of aromatic hydroxyl groups is 1. The molecule has 0 atom stereocenters. The highest BCUT2D eigenvalue weighted by Gasteiger charge is 2.25. The lowest BCUT2D eigenvalue weighted by atomic mass is 10.0. The first-order chi connectivity index (χ1) is 7.09. The highest BCUT2D eigenvalue weighted by atomic mass is 16.3. The number of amides is 1. The number of rotatable bonds is 2. The van der Waals surface area contributed by atoms with Crippen LogP contribution in [0.5, 0.6) is 5.75 Å². The summed E-state index contributed by atoms with van der Waals surface area (Å²) in [5.41, 5.74) is 2.15. The second kappa shape index (κ2) is 3.57. The van der Waals surface area contributed by atoms with Crippen LogP contribution in [0.3, 0.4) is 0 Å². The van der Waals surface area contributed by atoms with Crippen LogP contribution in [-0.4, -0.2) is 17.1 Å². The molecule has 1 aromatic carbocycles. The van der Waals surface area contributed by atoms with Crippen LogP contribution in [0.4, 0.5) is 0 Å². The van der Waals surface area contributed by atoms with E-state index in [1.807, 2.05) is 19.9 Å². The van der Waals surface area contributed by atoms with E-state index < -0.39 is 0 Å². The zero-order valence-electron chi connectivity index (χ0n) is 9.00. The maximum absolute atomic E-state index is 11.7. The first-order valence-electron chi connectivity index (χ1n) is 5.19. The minimum atomic E-state index is -0.168. The van der Waals surface area contributed by atoms with Crippen molar-refractivity contribution < 1.29 is 9.90 Å². The number of benzene rings is 1. The molecule has 80 valence electrons. The van der Waals surface area contributed by atoms with Crippen LogP contribution in [0.1, 0.15) is 34.3 Å². The van der Waals surface area contributed by atoms with Gasteiger partial charge in [-0.2, -0.15) is 0 Å². The number of phenolic OH excluding ortho intramolecular Hbond substituents is 1. The number of carbonyl (C=O) groups is 1. The summed E-state index contributed by atoms with van der Waals surface area (Å²) in [6.45, 7) is 3.73. The van der Waals surface area contributed by atoms with Gasteiger partial charge in [0.1, 0.15) is 5.75 Å². The smallest absolute Gasteiger partial charge is 0.255 e. The summed E-state index contributed by atoms with van der Waals surface area (Å²) in [4.78, 5) is 11.7. The average Bonchev–Trinajstić information content (AvgIpc) is 2.98. The topological polar surface area (TPSA) is 49.3 Å². The lowest BCUT2D eigenvalue weighted by Crippen LogP contribution is -2.25. The largest absolute Gasteiger partial charge is 0.507 e. The van der Waals surface area contributed by atoms with Crippen LogP contribution in [-0.2, 0) is 0 Å². The monoisotopic (exact) mass is 205 g/mol. The Bertz CT molecular complexity index is 408. The minimum absolute atomic E-state index is 0.105. The molecule has 0 heterocycles. The predicted molar refractivity (Wildman–Crippen MR) is 58.1 cm³/mol. The maximum Gasteiger partial charge on any atom is 0.255 e. The van der Waals surface area contributed by atoms with E-state index in [4.69, 9.17) is 0 Å². The molecule has 1 aromatic rings. The van der Waals surface area contributed by atoms with Crippen molar-refractivity contribution in [3.05, 3.63) is 28.8 Å². The van der Waals surface area contributed by atoms with E-state index >= 15 is 0 Å². The number of carbonyl (C=O) groups excluding carboxylic acids is 1. The van der Waals surface area contributed by atoms with Crippen LogP contribution in [0.25, 0.3) is 0 Å². The van der Waals surface area contributed by atoms with Crippen molar-refractivity contribution in [2.24, 2.45) is 0 Å². The molecule has 1 saturated carbocycles. The number of hydrogen-bond donors (Lipinski definition) is 2. The van der Waals surface area contributed by atoms with E-state index in [1.54, 1.807) is 6.07 Å². The molecule has 0 bridgehead atoms. The number of nitrogens with one attached hydrogen (secondary N) is 1. The third-order valence-corrected chi connectivity index (χ3v) is 2.86. The quantitative estimate of drug-likeness (QED) is 0.774. The highest BCUT2D eigenvalue weighted by molar-refractivity contribution is 5.97. The second-order valence-corrected chi connectivity index (χ2v) is 4.15. The van der Waals surface area contributed by atoms with Gasteiger partial charge in [0.2, 0.25) is 0 Å². The molecule has 2 rings (SSSR count). The molecule has 0 aliphatic heterocycles. The van der Waals surface area contributed by atoms with E-state index in [1.165, 1.54) is 0 Å². The average molecular weight is 205 g/mol. The fraction of sp³-hybridized carbons (Fsp3) is 0.417. The summed E-state index contributed by atoms with van der Waals surface area (Å²) >= 11 is 0. The van der Waals surface area contributed by atoms with Gasteiger partial charge < -0.3 is 10.4 Å². The molecule has 1 fully saturated rings. The third kappa shape index (κ3) is 1.96. The molecule has 1 aliphatic carbocycles. The molecule has 0 aromatic heterocycles. The van der Waals surface area contributed by atoms with E-state index in [0.717, 1.165) is 24.0 Å². The van der Waals surface area contributed by atoms with Crippen LogP contribution < -0.4 is 5.32 Å². The summed E-state index contributed by atoms with van der Waals surface area (Å²) in [5, 5.41) is 12.7. The van der Waals surface area contributed by atoms with Crippen molar-refractivity contribution in [3.63, 3.8) is 0 Å². The van der Waals surface area contributed by atoms with Crippen molar-refractivity contribution in [3.8, 4) is 5.75 Å². The van der Waals surface area contributed by atoms with Gasteiger partial charge in [0, 0.05) is 6.04 Å². The van der Waals surface area contributed by atoms with Crippen molar-refractivity contribution in [2.75, 3.05) is 0 Å². The van der Waals surface area contributed by atoms with Crippen LogP contribution in [0.15, 0.2) is 12.1 Å². The fourth-order valence-corrected chi connectivity index (χ4v) is 1.48. The molecule has 0 spiro atoms. The zero-order chi connectivity index (χ0) is 11.0.